The summed E-state index contributed by atoms with van der Waals surface area (Å²) in [5.41, 5.74) is 0.408. The maximum Gasteiger partial charge on any atom is 0.230 e. The van der Waals surface area contributed by atoms with Crippen molar-refractivity contribution in [2.24, 2.45) is 5.41 Å². The predicted octanol–water partition coefficient (Wildman–Crippen LogP) is 2.42. The topological polar surface area (TPSA) is 59.6 Å². The van der Waals surface area contributed by atoms with Crippen molar-refractivity contribution in [3.8, 4) is 11.5 Å². The minimum atomic E-state index is -0.282. The fourth-order valence-electron chi connectivity index (χ4n) is 2.80. The predicted molar refractivity (Wildman–Crippen MR) is 83.0 cm³/mol. The van der Waals surface area contributed by atoms with E-state index in [4.69, 9.17) is 9.47 Å². The zero-order valence-electron chi connectivity index (χ0n) is 13.0. The molecule has 2 rings (SSSR count). The summed E-state index contributed by atoms with van der Waals surface area (Å²) >= 11 is 0. The Labute approximate surface area is 126 Å². The van der Waals surface area contributed by atoms with E-state index in [0.717, 1.165) is 32.4 Å². The number of amides is 1. The smallest absolute Gasteiger partial charge is 0.230 e. The van der Waals surface area contributed by atoms with Gasteiger partial charge in [0, 0.05) is 6.07 Å². The third-order valence-electron chi connectivity index (χ3n) is 4.38. The monoisotopic (exact) mass is 292 g/mol. The molecule has 0 radical (unpaired) electrons. The molecular weight excluding hydrogens is 268 g/mol. The first-order valence-electron chi connectivity index (χ1n) is 7.39. The molecule has 1 aliphatic rings. The van der Waals surface area contributed by atoms with Crippen molar-refractivity contribution >= 4 is 11.6 Å². The van der Waals surface area contributed by atoms with Crippen molar-refractivity contribution in [2.75, 3.05) is 32.6 Å². The van der Waals surface area contributed by atoms with Crippen molar-refractivity contribution in [1.82, 2.24) is 5.32 Å². The van der Waals surface area contributed by atoms with Crippen LogP contribution >= 0.6 is 0 Å². The lowest BCUT2D eigenvalue weighted by molar-refractivity contribution is -0.127. The zero-order chi connectivity index (χ0) is 15.3. The molecule has 116 valence electrons. The summed E-state index contributed by atoms with van der Waals surface area (Å²) in [6.45, 7) is 3.86. The van der Waals surface area contributed by atoms with Crippen LogP contribution in [0.3, 0.4) is 0 Å². The number of nitrogens with one attached hydrogen (secondary N) is 2. The largest absolute Gasteiger partial charge is 0.497 e. The molecule has 1 aromatic carbocycles. The highest BCUT2D eigenvalue weighted by molar-refractivity contribution is 5.96. The second kappa shape index (κ2) is 6.80. The highest BCUT2D eigenvalue weighted by atomic mass is 16.5. The lowest BCUT2D eigenvalue weighted by Gasteiger charge is -2.35. The molecule has 0 atom stereocenters. The third kappa shape index (κ3) is 3.29. The Kier molecular flexibility index (Phi) is 5.07. The Morgan fingerprint density at radius 1 is 1.29 bits per heavy atom. The van der Waals surface area contributed by atoms with Crippen LogP contribution in [0, 0.1) is 5.41 Å². The van der Waals surface area contributed by atoms with E-state index in [1.807, 2.05) is 12.1 Å². The highest BCUT2D eigenvalue weighted by Gasteiger charge is 2.37. The summed E-state index contributed by atoms with van der Waals surface area (Å²) in [5.74, 6) is 1.40. The number of hydrogen-bond donors (Lipinski definition) is 2. The number of rotatable bonds is 5. The number of piperidine rings is 1. The summed E-state index contributed by atoms with van der Waals surface area (Å²) in [5, 5.41) is 6.34. The standard InChI is InChI=1S/C16H24N2O3/c1-4-16(7-9-17-10-8-16)15(19)18-13-6-5-12(20-2)11-14(13)21-3/h5-6,11,17H,4,7-10H2,1-3H3,(H,18,19). The molecule has 1 fully saturated rings. The number of hydrogen-bond acceptors (Lipinski definition) is 4. The van der Waals surface area contributed by atoms with E-state index >= 15 is 0 Å². The van der Waals surface area contributed by atoms with Crippen LogP contribution in [0.25, 0.3) is 0 Å². The molecule has 1 aromatic rings. The molecule has 1 saturated heterocycles. The van der Waals surface area contributed by atoms with Gasteiger partial charge in [-0.15, -0.1) is 0 Å². The molecule has 1 heterocycles. The Hall–Kier alpha value is -1.75. The van der Waals surface area contributed by atoms with Crippen molar-refractivity contribution in [1.29, 1.82) is 0 Å². The van der Waals surface area contributed by atoms with Crippen LogP contribution in [0.15, 0.2) is 18.2 Å². The minimum absolute atomic E-state index is 0.0787. The number of carbonyl (C=O) groups excluding carboxylic acids is 1. The molecule has 0 spiro atoms. The van der Waals surface area contributed by atoms with Crippen molar-refractivity contribution in [2.45, 2.75) is 26.2 Å². The van der Waals surface area contributed by atoms with Gasteiger partial charge in [0.05, 0.1) is 25.3 Å². The molecule has 0 unspecified atom stereocenters. The van der Waals surface area contributed by atoms with Crippen LogP contribution in [-0.2, 0) is 4.79 Å². The van der Waals surface area contributed by atoms with Gasteiger partial charge in [-0.25, -0.2) is 0 Å². The molecule has 2 N–H and O–H groups in total. The minimum Gasteiger partial charge on any atom is -0.497 e. The maximum absolute atomic E-state index is 12.7. The van der Waals surface area contributed by atoms with E-state index in [0.29, 0.717) is 17.2 Å². The summed E-state index contributed by atoms with van der Waals surface area (Å²) in [6, 6.07) is 5.41. The van der Waals surface area contributed by atoms with Crippen LogP contribution in [0.4, 0.5) is 5.69 Å². The molecule has 1 aliphatic heterocycles. The van der Waals surface area contributed by atoms with Crippen molar-refractivity contribution in [3.63, 3.8) is 0 Å². The van der Waals surface area contributed by atoms with E-state index in [9.17, 15) is 4.79 Å². The molecular formula is C16H24N2O3. The Balaban J connectivity index is 2.18. The molecule has 1 amide bonds. The van der Waals surface area contributed by atoms with Gasteiger partial charge in [-0.05, 0) is 44.5 Å². The summed E-state index contributed by atoms with van der Waals surface area (Å²) in [4.78, 5) is 12.7. The van der Waals surface area contributed by atoms with E-state index < -0.39 is 0 Å². The lowest BCUT2D eigenvalue weighted by atomic mass is 9.76. The van der Waals surface area contributed by atoms with E-state index in [2.05, 4.69) is 17.6 Å². The van der Waals surface area contributed by atoms with Gasteiger partial charge in [-0.3, -0.25) is 4.79 Å². The molecule has 0 aliphatic carbocycles. The molecule has 5 nitrogen and oxygen atoms in total. The van der Waals surface area contributed by atoms with E-state index in [1.54, 1.807) is 20.3 Å². The molecule has 5 heteroatoms. The SMILES string of the molecule is CCC1(C(=O)Nc2ccc(OC)cc2OC)CCNCC1. The molecule has 21 heavy (non-hydrogen) atoms. The van der Waals surface area contributed by atoms with Crippen LogP contribution < -0.4 is 20.1 Å². The summed E-state index contributed by atoms with van der Waals surface area (Å²) in [6.07, 6.45) is 2.58. The van der Waals surface area contributed by atoms with Gasteiger partial charge in [0.25, 0.3) is 0 Å². The fourth-order valence-corrected chi connectivity index (χ4v) is 2.80. The first-order valence-corrected chi connectivity index (χ1v) is 7.39. The van der Waals surface area contributed by atoms with Crippen LogP contribution in [-0.4, -0.2) is 33.2 Å². The maximum atomic E-state index is 12.7. The second-order valence-electron chi connectivity index (χ2n) is 5.40. The van der Waals surface area contributed by atoms with Crippen molar-refractivity contribution < 1.29 is 14.3 Å². The second-order valence-corrected chi connectivity index (χ2v) is 5.40. The van der Waals surface area contributed by atoms with E-state index in [-0.39, 0.29) is 11.3 Å². The normalized spacial score (nSPS) is 17.1. The number of anilines is 1. The Morgan fingerprint density at radius 2 is 2.00 bits per heavy atom. The number of methoxy groups -OCH3 is 2. The summed E-state index contributed by atoms with van der Waals surface area (Å²) < 4.78 is 10.5. The Bertz CT molecular complexity index is 496. The average Bonchev–Trinajstić information content (AvgIpc) is 2.55. The first kappa shape index (κ1) is 15.6. The lowest BCUT2D eigenvalue weighted by Crippen LogP contribution is -2.44. The molecule has 0 aromatic heterocycles. The van der Waals surface area contributed by atoms with Gasteiger partial charge in [0.2, 0.25) is 5.91 Å². The quantitative estimate of drug-likeness (QED) is 0.875. The molecule has 0 bridgehead atoms. The zero-order valence-corrected chi connectivity index (χ0v) is 13.0. The average molecular weight is 292 g/mol. The van der Waals surface area contributed by atoms with Gasteiger partial charge in [0.1, 0.15) is 11.5 Å². The van der Waals surface area contributed by atoms with Crippen LogP contribution in [0.1, 0.15) is 26.2 Å². The van der Waals surface area contributed by atoms with Crippen LogP contribution in [0.2, 0.25) is 0 Å². The number of carbonyl (C=O) groups is 1. The summed E-state index contributed by atoms with van der Waals surface area (Å²) in [7, 11) is 3.19. The van der Waals surface area contributed by atoms with Gasteiger partial charge < -0.3 is 20.1 Å². The first-order chi connectivity index (χ1) is 10.1. The van der Waals surface area contributed by atoms with E-state index in [1.165, 1.54) is 0 Å². The fraction of sp³-hybridized carbons (Fsp3) is 0.562. The number of ether oxygens (including phenoxy) is 2. The molecule has 0 saturated carbocycles. The van der Waals surface area contributed by atoms with Gasteiger partial charge in [-0.1, -0.05) is 6.92 Å². The number of benzene rings is 1. The van der Waals surface area contributed by atoms with Gasteiger partial charge in [-0.2, -0.15) is 0 Å². The van der Waals surface area contributed by atoms with Crippen molar-refractivity contribution in [3.05, 3.63) is 18.2 Å². The highest BCUT2D eigenvalue weighted by Crippen LogP contribution is 2.36. The van der Waals surface area contributed by atoms with Crippen LogP contribution in [0.5, 0.6) is 11.5 Å². The van der Waals surface area contributed by atoms with Gasteiger partial charge >= 0.3 is 0 Å². The third-order valence-corrected chi connectivity index (χ3v) is 4.38. The van der Waals surface area contributed by atoms with Gasteiger partial charge in [0.15, 0.2) is 0 Å². The Morgan fingerprint density at radius 3 is 2.57 bits per heavy atom.